The minimum atomic E-state index is -0.246. The fourth-order valence-electron chi connectivity index (χ4n) is 3.90. The Kier molecular flexibility index (Phi) is 6.47. The van der Waals surface area contributed by atoms with Crippen LogP contribution in [0, 0.1) is 20.8 Å². The van der Waals surface area contributed by atoms with Crippen molar-refractivity contribution in [2.24, 2.45) is 7.05 Å². The van der Waals surface area contributed by atoms with E-state index in [-0.39, 0.29) is 11.5 Å². The number of nitrogens with zero attached hydrogens (tertiary/aromatic N) is 5. The van der Waals surface area contributed by atoms with Gasteiger partial charge < -0.3 is 9.88 Å². The summed E-state index contributed by atoms with van der Waals surface area (Å²) in [5, 5.41) is 7.74. The molecule has 0 aliphatic carbocycles. The smallest absolute Gasteiger partial charge is 0.277 e. The van der Waals surface area contributed by atoms with Crippen molar-refractivity contribution in [1.29, 1.82) is 0 Å². The highest BCUT2D eigenvalue weighted by atomic mass is 32.1. The molecule has 0 spiro atoms. The zero-order valence-corrected chi connectivity index (χ0v) is 21.0. The fraction of sp³-hybridized carbons (Fsp3) is 0.320. The Labute approximate surface area is 202 Å². The molecule has 0 atom stereocenters. The summed E-state index contributed by atoms with van der Waals surface area (Å²) in [6, 6.07) is 7.78. The molecule has 0 bridgehead atoms. The zero-order chi connectivity index (χ0) is 24.6. The van der Waals surface area contributed by atoms with Crippen LogP contribution in [0.4, 0.5) is 5.69 Å². The topological polar surface area (TPSA) is 94.7 Å². The van der Waals surface area contributed by atoms with Crippen LogP contribution < -0.4 is 10.9 Å². The molecule has 0 saturated heterocycles. The highest BCUT2D eigenvalue weighted by Crippen LogP contribution is 2.29. The zero-order valence-electron chi connectivity index (χ0n) is 20.2. The molecule has 4 aromatic rings. The van der Waals surface area contributed by atoms with Gasteiger partial charge in [0.25, 0.3) is 11.5 Å². The normalized spacial score (nSPS) is 11.3. The van der Waals surface area contributed by atoms with Gasteiger partial charge >= 0.3 is 0 Å². The lowest BCUT2D eigenvalue weighted by Gasteiger charge is -2.12. The number of benzene rings is 1. The Morgan fingerprint density at radius 2 is 1.94 bits per heavy atom. The minimum absolute atomic E-state index is 0.225. The number of hydrogen-bond acceptors (Lipinski definition) is 6. The van der Waals surface area contributed by atoms with E-state index in [2.05, 4.69) is 38.8 Å². The first-order chi connectivity index (χ1) is 16.2. The molecule has 0 unspecified atom stereocenters. The quantitative estimate of drug-likeness (QED) is 0.444. The van der Waals surface area contributed by atoms with Crippen LogP contribution in [0.3, 0.4) is 0 Å². The van der Waals surface area contributed by atoms with Crippen molar-refractivity contribution in [3.63, 3.8) is 0 Å². The van der Waals surface area contributed by atoms with Crippen LogP contribution in [0.2, 0.25) is 0 Å². The summed E-state index contributed by atoms with van der Waals surface area (Å²) in [5.41, 5.74) is 4.15. The van der Waals surface area contributed by atoms with Crippen molar-refractivity contribution >= 4 is 22.9 Å². The maximum absolute atomic E-state index is 13.1. The van der Waals surface area contributed by atoms with E-state index in [1.807, 2.05) is 50.5 Å². The van der Waals surface area contributed by atoms with E-state index in [1.165, 1.54) is 16.0 Å². The summed E-state index contributed by atoms with van der Waals surface area (Å²) in [7, 11) is 1.62. The maximum atomic E-state index is 13.1. The van der Waals surface area contributed by atoms with Gasteiger partial charge in [-0.3, -0.25) is 9.59 Å². The monoisotopic (exact) mass is 476 g/mol. The number of amides is 1. The number of carbonyl (C=O) groups excluding carboxylic acids is 1. The Balaban J connectivity index is 1.58. The van der Waals surface area contributed by atoms with Crippen molar-refractivity contribution in [3.8, 4) is 10.6 Å². The molecule has 0 radical (unpaired) electrons. The number of anilines is 1. The molecule has 8 nitrogen and oxygen atoms in total. The number of carbonyl (C=O) groups is 1. The highest BCUT2D eigenvalue weighted by Gasteiger charge is 2.21. The molecule has 0 fully saturated rings. The lowest BCUT2D eigenvalue weighted by atomic mass is 10.1. The predicted octanol–water partition coefficient (Wildman–Crippen LogP) is 4.45. The van der Waals surface area contributed by atoms with Crippen LogP contribution in [0.5, 0.6) is 0 Å². The van der Waals surface area contributed by atoms with E-state index in [9.17, 15) is 9.59 Å². The summed E-state index contributed by atoms with van der Waals surface area (Å²) in [6.45, 7) is 10.4. The highest BCUT2D eigenvalue weighted by molar-refractivity contribution is 7.17. The molecule has 176 valence electrons. The third-order valence-corrected chi connectivity index (χ3v) is 6.92. The van der Waals surface area contributed by atoms with E-state index in [0.29, 0.717) is 39.3 Å². The van der Waals surface area contributed by atoms with Crippen LogP contribution in [-0.2, 0) is 13.6 Å². The molecular weight excluding hydrogens is 448 g/mol. The standard InChI is InChI=1S/C25H28N6O2S/c1-14(2)22-26-10-11-31(22)13-18-8-7-9-19(12-18)28-23(32)21-17(5)27-24(34-21)20-15(3)16(4)29-30(6)25(20)33/h7-12,14H,13H2,1-6H3,(H,28,32). The Morgan fingerprint density at radius 1 is 1.18 bits per heavy atom. The van der Waals surface area contributed by atoms with Gasteiger partial charge in [0.1, 0.15) is 15.7 Å². The molecule has 34 heavy (non-hydrogen) atoms. The van der Waals surface area contributed by atoms with Crippen molar-refractivity contribution in [3.05, 3.63) is 80.2 Å². The number of thiazole rings is 1. The molecule has 3 heterocycles. The van der Waals surface area contributed by atoms with Gasteiger partial charge in [-0.25, -0.2) is 14.6 Å². The van der Waals surface area contributed by atoms with Crippen LogP contribution >= 0.6 is 11.3 Å². The van der Waals surface area contributed by atoms with Crippen molar-refractivity contribution in [1.82, 2.24) is 24.3 Å². The van der Waals surface area contributed by atoms with Gasteiger partial charge in [0, 0.05) is 37.6 Å². The number of nitrogens with one attached hydrogen (secondary N) is 1. The average Bonchev–Trinajstić information content (AvgIpc) is 3.39. The second kappa shape index (κ2) is 9.34. The minimum Gasteiger partial charge on any atom is -0.330 e. The number of hydrogen-bond donors (Lipinski definition) is 1. The first-order valence-electron chi connectivity index (χ1n) is 11.1. The summed E-state index contributed by atoms with van der Waals surface area (Å²) in [6.07, 6.45) is 3.78. The van der Waals surface area contributed by atoms with Crippen LogP contribution in [-0.4, -0.2) is 30.2 Å². The lowest BCUT2D eigenvalue weighted by molar-refractivity contribution is 0.103. The summed E-state index contributed by atoms with van der Waals surface area (Å²) < 4.78 is 3.43. The Hall–Kier alpha value is -3.59. The summed E-state index contributed by atoms with van der Waals surface area (Å²) in [5.74, 6) is 1.10. The van der Waals surface area contributed by atoms with Crippen LogP contribution in [0.15, 0.2) is 41.5 Å². The maximum Gasteiger partial charge on any atom is 0.277 e. The largest absolute Gasteiger partial charge is 0.330 e. The molecular formula is C25H28N6O2S. The van der Waals surface area contributed by atoms with Gasteiger partial charge in [-0.2, -0.15) is 5.10 Å². The summed E-state index contributed by atoms with van der Waals surface area (Å²) >= 11 is 1.22. The van der Waals surface area contributed by atoms with E-state index in [1.54, 1.807) is 14.0 Å². The third kappa shape index (κ3) is 4.56. The van der Waals surface area contributed by atoms with Gasteiger partial charge in [0.2, 0.25) is 0 Å². The van der Waals surface area contributed by atoms with Gasteiger partial charge in [0.15, 0.2) is 0 Å². The second-order valence-electron chi connectivity index (χ2n) is 8.67. The van der Waals surface area contributed by atoms with Crippen molar-refractivity contribution in [2.45, 2.75) is 47.1 Å². The fourth-order valence-corrected chi connectivity index (χ4v) is 4.96. The van der Waals surface area contributed by atoms with Crippen LogP contribution in [0.25, 0.3) is 10.6 Å². The number of aromatic nitrogens is 5. The number of aryl methyl sites for hydroxylation is 3. The number of rotatable bonds is 6. The van der Waals surface area contributed by atoms with Crippen molar-refractivity contribution in [2.75, 3.05) is 5.32 Å². The molecule has 3 aromatic heterocycles. The van der Waals surface area contributed by atoms with E-state index >= 15 is 0 Å². The van der Waals surface area contributed by atoms with Gasteiger partial charge in [-0.15, -0.1) is 11.3 Å². The second-order valence-corrected chi connectivity index (χ2v) is 9.67. The summed E-state index contributed by atoms with van der Waals surface area (Å²) in [4.78, 5) is 35.3. The lowest BCUT2D eigenvalue weighted by Crippen LogP contribution is -2.23. The Bertz CT molecular complexity index is 1430. The van der Waals surface area contributed by atoms with Crippen LogP contribution in [0.1, 0.15) is 57.8 Å². The Morgan fingerprint density at radius 3 is 2.68 bits per heavy atom. The molecule has 0 aliphatic rings. The molecule has 4 rings (SSSR count). The van der Waals surface area contributed by atoms with Gasteiger partial charge in [-0.05, 0) is 44.0 Å². The SMILES string of the molecule is Cc1nc(-c2c(C)c(C)nn(C)c2=O)sc1C(=O)Nc1cccc(Cn2ccnc2C(C)C)c1. The molecule has 1 aromatic carbocycles. The first kappa shape index (κ1) is 23.6. The van der Waals surface area contributed by atoms with Gasteiger partial charge in [-0.1, -0.05) is 26.0 Å². The first-order valence-corrected chi connectivity index (χ1v) is 11.9. The van der Waals surface area contributed by atoms with E-state index < -0.39 is 0 Å². The van der Waals surface area contributed by atoms with E-state index in [4.69, 9.17) is 0 Å². The van der Waals surface area contributed by atoms with Gasteiger partial charge in [0.05, 0.1) is 17.0 Å². The average molecular weight is 477 g/mol. The molecule has 1 amide bonds. The molecule has 9 heteroatoms. The molecule has 0 saturated carbocycles. The number of imidazole rings is 1. The predicted molar refractivity (Wildman–Crippen MR) is 135 cm³/mol. The molecule has 1 N–H and O–H groups in total. The third-order valence-electron chi connectivity index (χ3n) is 5.74. The van der Waals surface area contributed by atoms with Crippen molar-refractivity contribution < 1.29 is 4.79 Å². The van der Waals surface area contributed by atoms with E-state index in [0.717, 1.165) is 22.6 Å². The molecule has 0 aliphatic heterocycles.